The van der Waals surface area contributed by atoms with Crippen molar-refractivity contribution in [3.63, 3.8) is 0 Å². The summed E-state index contributed by atoms with van der Waals surface area (Å²) >= 11 is 0. The van der Waals surface area contributed by atoms with Crippen molar-refractivity contribution in [3.8, 4) is 0 Å². The molecule has 1 unspecified atom stereocenters. The molecule has 1 atom stereocenters. The number of nitrogens with zero attached hydrogens (tertiary/aromatic N) is 1. The Morgan fingerprint density at radius 1 is 1.12 bits per heavy atom. The van der Waals surface area contributed by atoms with Gasteiger partial charge in [0.1, 0.15) is 5.82 Å². The molecule has 0 bridgehead atoms. The van der Waals surface area contributed by atoms with E-state index in [1.54, 1.807) is 12.1 Å². The van der Waals surface area contributed by atoms with Crippen LogP contribution in [0.1, 0.15) is 59.3 Å². The first-order valence-electron chi connectivity index (χ1n) is 9.03. The number of aliphatic hydroxyl groups is 1. The standard InChI is InChI=1S/C20H23FN2O2/c21-16-5-3-14(4-6-16)19(24)15-8-11-23(12-9-15)20(25)17-7-10-22-18(17)13-1-2-13/h3-7,10,13,15,19,22,24H,1-2,8-9,11-12H2. The van der Waals surface area contributed by atoms with Crippen LogP contribution in [0.25, 0.3) is 0 Å². The quantitative estimate of drug-likeness (QED) is 0.892. The number of hydrogen-bond acceptors (Lipinski definition) is 2. The molecule has 2 N–H and O–H groups in total. The van der Waals surface area contributed by atoms with Gasteiger partial charge in [-0.3, -0.25) is 4.79 Å². The molecular formula is C20H23FN2O2. The van der Waals surface area contributed by atoms with Crippen LogP contribution >= 0.6 is 0 Å². The molecule has 4 nitrogen and oxygen atoms in total. The fourth-order valence-corrected chi connectivity index (χ4v) is 3.80. The molecule has 1 aliphatic carbocycles. The third kappa shape index (κ3) is 3.33. The van der Waals surface area contributed by atoms with Crippen molar-refractivity contribution >= 4 is 5.91 Å². The number of H-pyrrole nitrogens is 1. The number of carbonyl (C=O) groups is 1. The summed E-state index contributed by atoms with van der Waals surface area (Å²) in [6.07, 6.45) is 5.08. The lowest BCUT2D eigenvalue weighted by Gasteiger charge is -2.34. The van der Waals surface area contributed by atoms with Gasteiger partial charge in [0.25, 0.3) is 5.91 Å². The first-order valence-corrected chi connectivity index (χ1v) is 9.03. The Labute approximate surface area is 146 Å². The number of halogens is 1. The molecule has 25 heavy (non-hydrogen) atoms. The van der Waals surface area contributed by atoms with Gasteiger partial charge in [0.2, 0.25) is 0 Å². The molecule has 1 saturated heterocycles. The fraction of sp³-hybridized carbons (Fsp3) is 0.450. The van der Waals surface area contributed by atoms with Crippen LogP contribution in [0.2, 0.25) is 0 Å². The van der Waals surface area contributed by atoms with Crippen LogP contribution in [-0.4, -0.2) is 34.0 Å². The van der Waals surface area contributed by atoms with E-state index in [4.69, 9.17) is 0 Å². The monoisotopic (exact) mass is 342 g/mol. The molecule has 0 radical (unpaired) electrons. The van der Waals surface area contributed by atoms with Crippen LogP contribution in [0, 0.1) is 11.7 Å². The van der Waals surface area contributed by atoms with Crippen molar-refractivity contribution in [1.29, 1.82) is 0 Å². The van der Waals surface area contributed by atoms with Gasteiger partial charge in [-0.25, -0.2) is 4.39 Å². The number of hydrogen-bond donors (Lipinski definition) is 2. The normalized spacial score (nSPS) is 19.8. The van der Waals surface area contributed by atoms with Gasteiger partial charge in [0, 0.05) is 25.0 Å². The maximum absolute atomic E-state index is 13.0. The van der Waals surface area contributed by atoms with Crippen LogP contribution in [0.4, 0.5) is 4.39 Å². The minimum atomic E-state index is -0.605. The number of benzene rings is 1. The summed E-state index contributed by atoms with van der Waals surface area (Å²) in [7, 11) is 0. The van der Waals surface area contributed by atoms with Crippen molar-refractivity contribution in [3.05, 3.63) is 59.2 Å². The van der Waals surface area contributed by atoms with E-state index in [-0.39, 0.29) is 17.6 Å². The van der Waals surface area contributed by atoms with Gasteiger partial charge in [0.05, 0.1) is 11.7 Å². The maximum atomic E-state index is 13.0. The molecule has 2 fully saturated rings. The van der Waals surface area contributed by atoms with E-state index < -0.39 is 6.10 Å². The summed E-state index contributed by atoms with van der Waals surface area (Å²) < 4.78 is 13.0. The van der Waals surface area contributed by atoms with E-state index in [0.717, 1.165) is 42.5 Å². The van der Waals surface area contributed by atoms with Crippen LogP contribution < -0.4 is 0 Å². The summed E-state index contributed by atoms with van der Waals surface area (Å²) in [4.78, 5) is 17.9. The molecule has 4 rings (SSSR count). The molecule has 1 aliphatic heterocycles. The van der Waals surface area contributed by atoms with Gasteiger partial charge >= 0.3 is 0 Å². The minimum absolute atomic E-state index is 0.0953. The Bertz CT molecular complexity index is 743. The molecule has 1 aromatic carbocycles. The molecule has 132 valence electrons. The molecular weight excluding hydrogens is 319 g/mol. The highest BCUT2D eigenvalue weighted by Gasteiger charge is 2.33. The summed E-state index contributed by atoms with van der Waals surface area (Å²) in [5, 5.41) is 10.5. The molecule has 1 amide bonds. The van der Waals surface area contributed by atoms with Gasteiger partial charge in [-0.05, 0) is 61.3 Å². The summed E-state index contributed by atoms with van der Waals surface area (Å²) in [6.45, 7) is 1.30. The van der Waals surface area contributed by atoms with Crippen LogP contribution in [0.15, 0.2) is 36.5 Å². The second-order valence-electron chi connectivity index (χ2n) is 7.21. The van der Waals surface area contributed by atoms with Gasteiger partial charge < -0.3 is 15.0 Å². The number of aromatic amines is 1. The Morgan fingerprint density at radius 2 is 1.80 bits per heavy atom. The molecule has 2 aromatic rings. The molecule has 2 heterocycles. The lowest BCUT2D eigenvalue weighted by atomic mass is 9.87. The second-order valence-corrected chi connectivity index (χ2v) is 7.21. The molecule has 2 aliphatic rings. The predicted octanol–water partition coefficient (Wildman–Crippen LogP) is 3.62. The molecule has 5 heteroatoms. The Morgan fingerprint density at radius 3 is 2.44 bits per heavy atom. The second kappa shape index (κ2) is 6.64. The van der Waals surface area contributed by atoms with E-state index in [2.05, 4.69) is 4.98 Å². The molecule has 0 spiro atoms. The van der Waals surface area contributed by atoms with Gasteiger partial charge in [-0.1, -0.05) is 12.1 Å². The largest absolute Gasteiger partial charge is 0.388 e. The van der Waals surface area contributed by atoms with Crippen molar-refractivity contribution in [2.75, 3.05) is 13.1 Å². The summed E-state index contributed by atoms with van der Waals surface area (Å²) in [5.74, 6) is 0.419. The topological polar surface area (TPSA) is 56.3 Å². The van der Waals surface area contributed by atoms with Crippen LogP contribution in [0.3, 0.4) is 0 Å². The molecule has 1 aromatic heterocycles. The van der Waals surface area contributed by atoms with Gasteiger partial charge in [-0.2, -0.15) is 0 Å². The zero-order valence-electron chi connectivity index (χ0n) is 14.1. The van der Waals surface area contributed by atoms with E-state index in [0.29, 0.717) is 19.0 Å². The van der Waals surface area contributed by atoms with E-state index in [1.165, 1.54) is 12.1 Å². The number of aromatic nitrogens is 1. The minimum Gasteiger partial charge on any atom is -0.388 e. The highest BCUT2D eigenvalue weighted by atomic mass is 19.1. The average Bonchev–Trinajstić information content (AvgIpc) is 3.38. The third-order valence-corrected chi connectivity index (χ3v) is 5.48. The van der Waals surface area contributed by atoms with E-state index in [1.807, 2.05) is 17.2 Å². The van der Waals surface area contributed by atoms with Gasteiger partial charge in [0.15, 0.2) is 0 Å². The zero-order chi connectivity index (χ0) is 17.4. The highest BCUT2D eigenvalue weighted by molar-refractivity contribution is 5.95. The summed E-state index contributed by atoms with van der Waals surface area (Å²) in [5.41, 5.74) is 2.63. The lowest BCUT2D eigenvalue weighted by Crippen LogP contribution is -2.40. The van der Waals surface area contributed by atoms with Crippen LogP contribution in [0.5, 0.6) is 0 Å². The first-order chi connectivity index (χ1) is 12.1. The number of aliphatic hydroxyl groups excluding tert-OH is 1. The van der Waals surface area contributed by atoms with Crippen molar-refractivity contribution in [2.45, 2.75) is 37.7 Å². The third-order valence-electron chi connectivity index (χ3n) is 5.48. The number of nitrogens with one attached hydrogen (secondary N) is 1. The van der Waals surface area contributed by atoms with Gasteiger partial charge in [-0.15, -0.1) is 0 Å². The number of likely N-dealkylation sites (tertiary alicyclic amines) is 1. The van der Waals surface area contributed by atoms with Crippen molar-refractivity contribution < 1.29 is 14.3 Å². The summed E-state index contributed by atoms with van der Waals surface area (Å²) in [6, 6.07) is 7.92. The Kier molecular flexibility index (Phi) is 4.34. The zero-order valence-corrected chi connectivity index (χ0v) is 14.1. The van der Waals surface area contributed by atoms with Crippen molar-refractivity contribution in [1.82, 2.24) is 9.88 Å². The predicted molar refractivity (Wildman–Crippen MR) is 92.8 cm³/mol. The van der Waals surface area contributed by atoms with Crippen LogP contribution in [-0.2, 0) is 0 Å². The molecule has 1 saturated carbocycles. The number of amides is 1. The number of piperidine rings is 1. The Hall–Kier alpha value is -2.14. The van der Waals surface area contributed by atoms with E-state index in [9.17, 15) is 14.3 Å². The fourth-order valence-electron chi connectivity index (χ4n) is 3.80. The number of rotatable bonds is 4. The maximum Gasteiger partial charge on any atom is 0.255 e. The van der Waals surface area contributed by atoms with E-state index >= 15 is 0 Å². The number of carbonyl (C=O) groups excluding carboxylic acids is 1. The first kappa shape index (κ1) is 16.3. The lowest BCUT2D eigenvalue weighted by molar-refractivity contribution is 0.0461. The SMILES string of the molecule is O=C(c1cc[nH]c1C1CC1)N1CCC(C(O)c2ccc(F)cc2)CC1. The smallest absolute Gasteiger partial charge is 0.255 e. The van der Waals surface area contributed by atoms with Crippen molar-refractivity contribution in [2.24, 2.45) is 5.92 Å². The highest BCUT2D eigenvalue weighted by Crippen LogP contribution is 2.41. The average molecular weight is 342 g/mol. The Balaban J connectivity index is 1.38.